The molecule has 2 fully saturated rings. The summed E-state index contributed by atoms with van der Waals surface area (Å²) in [5.41, 5.74) is 0.545. The Balaban J connectivity index is 1.82. The lowest BCUT2D eigenvalue weighted by Gasteiger charge is -2.49. The maximum absolute atomic E-state index is 5.22. The van der Waals surface area contributed by atoms with Crippen molar-refractivity contribution in [3.63, 3.8) is 0 Å². The molecule has 2 atom stereocenters. The van der Waals surface area contributed by atoms with Crippen LogP contribution < -0.4 is 0 Å². The molecule has 0 aromatic carbocycles. The maximum Gasteiger partial charge on any atom is 0.0936 e. The van der Waals surface area contributed by atoms with E-state index in [2.05, 4.69) is 25.8 Å². The molecule has 2 nitrogen and oxygen atoms in total. The number of hydrogen-bond donors (Lipinski definition) is 0. The minimum atomic E-state index is 0.545. The lowest BCUT2D eigenvalue weighted by molar-refractivity contribution is 0.0128. The van der Waals surface area contributed by atoms with Gasteiger partial charge >= 0.3 is 0 Å². The molecule has 0 N–H and O–H groups in total. The van der Waals surface area contributed by atoms with E-state index in [-0.39, 0.29) is 0 Å². The predicted molar refractivity (Wildman–Crippen MR) is 49.2 cm³/mol. The molecule has 0 spiro atoms. The van der Waals surface area contributed by atoms with Crippen LogP contribution in [0.15, 0.2) is 0 Å². The third-order valence-corrected chi connectivity index (χ3v) is 3.39. The summed E-state index contributed by atoms with van der Waals surface area (Å²) >= 11 is 0. The van der Waals surface area contributed by atoms with Gasteiger partial charge in [0.2, 0.25) is 0 Å². The number of ether oxygens (including phenoxy) is 1. The van der Waals surface area contributed by atoms with Crippen LogP contribution in [-0.4, -0.2) is 37.2 Å². The molecule has 1 saturated carbocycles. The molecule has 1 aliphatic heterocycles. The van der Waals surface area contributed by atoms with Crippen LogP contribution in [0.4, 0.5) is 0 Å². The van der Waals surface area contributed by atoms with E-state index in [4.69, 9.17) is 4.74 Å². The van der Waals surface area contributed by atoms with Crippen molar-refractivity contribution in [1.82, 2.24) is 4.90 Å². The summed E-state index contributed by atoms with van der Waals surface area (Å²) in [6, 6.07) is 0.793. The smallest absolute Gasteiger partial charge is 0.0936 e. The number of nitrogens with zero attached hydrogens (tertiary/aromatic N) is 1. The van der Waals surface area contributed by atoms with Crippen molar-refractivity contribution in [3.05, 3.63) is 0 Å². The summed E-state index contributed by atoms with van der Waals surface area (Å²) in [6.07, 6.45) is 3.30. The highest BCUT2D eigenvalue weighted by Crippen LogP contribution is 2.43. The highest BCUT2D eigenvalue weighted by molar-refractivity contribution is 4.95. The zero-order chi connectivity index (χ0) is 8.77. The largest absolute Gasteiger partial charge is 0.372 e. The fraction of sp³-hybridized carbons (Fsp3) is 1.00. The van der Waals surface area contributed by atoms with Crippen molar-refractivity contribution in [2.75, 3.05) is 20.2 Å². The van der Waals surface area contributed by atoms with E-state index < -0.39 is 0 Å². The Labute approximate surface area is 74.9 Å². The van der Waals surface area contributed by atoms with Gasteiger partial charge in [0.1, 0.15) is 0 Å². The molecule has 0 bridgehead atoms. The monoisotopic (exact) mass is 169 g/mol. The van der Waals surface area contributed by atoms with Crippen LogP contribution in [0.1, 0.15) is 26.7 Å². The first kappa shape index (κ1) is 8.52. The fourth-order valence-electron chi connectivity index (χ4n) is 2.29. The van der Waals surface area contributed by atoms with Crippen LogP contribution in [0, 0.1) is 5.41 Å². The molecule has 12 heavy (non-hydrogen) atoms. The third-order valence-electron chi connectivity index (χ3n) is 3.39. The van der Waals surface area contributed by atoms with Gasteiger partial charge in [-0.3, -0.25) is 0 Å². The van der Waals surface area contributed by atoms with Crippen LogP contribution >= 0.6 is 0 Å². The van der Waals surface area contributed by atoms with Gasteiger partial charge in [0.05, 0.1) is 12.7 Å². The Hall–Kier alpha value is -0.0800. The van der Waals surface area contributed by atoms with E-state index in [1.807, 2.05) is 0 Å². The average Bonchev–Trinajstić information content (AvgIpc) is 2.69. The van der Waals surface area contributed by atoms with Gasteiger partial charge in [-0.05, 0) is 25.3 Å². The molecule has 1 heterocycles. The lowest BCUT2D eigenvalue weighted by atomic mass is 9.66. The molecular formula is C10H19NO. The quantitative estimate of drug-likeness (QED) is 0.595. The Morgan fingerprint density at radius 3 is 2.50 bits per heavy atom. The number of epoxide rings is 1. The number of rotatable bonds is 3. The molecule has 0 aromatic rings. The molecule has 2 aliphatic rings. The van der Waals surface area contributed by atoms with Gasteiger partial charge in [-0.25, -0.2) is 0 Å². The van der Waals surface area contributed by atoms with E-state index in [9.17, 15) is 0 Å². The van der Waals surface area contributed by atoms with Gasteiger partial charge < -0.3 is 9.64 Å². The summed E-state index contributed by atoms with van der Waals surface area (Å²) in [6.45, 7) is 6.85. The van der Waals surface area contributed by atoms with Gasteiger partial charge in [0, 0.05) is 12.6 Å². The molecule has 2 heteroatoms. The van der Waals surface area contributed by atoms with E-state index in [1.165, 1.54) is 12.8 Å². The van der Waals surface area contributed by atoms with Gasteiger partial charge in [0.15, 0.2) is 0 Å². The van der Waals surface area contributed by atoms with Gasteiger partial charge in [-0.1, -0.05) is 13.8 Å². The summed E-state index contributed by atoms with van der Waals surface area (Å²) in [7, 11) is 2.23. The van der Waals surface area contributed by atoms with Crippen molar-refractivity contribution in [2.24, 2.45) is 5.41 Å². The normalized spacial score (nSPS) is 38.0. The van der Waals surface area contributed by atoms with E-state index in [0.29, 0.717) is 11.5 Å². The lowest BCUT2D eigenvalue weighted by Crippen LogP contribution is -2.51. The molecule has 70 valence electrons. The summed E-state index contributed by atoms with van der Waals surface area (Å²) in [5, 5.41) is 0. The van der Waals surface area contributed by atoms with E-state index in [0.717, 1.165) is 19.2 Å². The first-order valence-electron chi connectivity index (χ1n) is 4.91. The third kappa shape index (κ3) is 1.50. The Morgan fingerprint density at radius 1 is 1.50 bits per heavy atom. The molecule has 0 aromatic heterocycles. The number of hydrogen-bond acceptors (Lipinski definition) is 2. The van der Waals surface area contributed by atoms with Crippen LogP contribution in [0.2, 0.25) is 0 Å². The molecular weight excluding hydrogens is 150 g/mol. The molecule has 0 radical (unpaired) electrons. The van der Waals surface area contributed by atoms with Crippen LogP contribution in [-0.2, 0) is 4.74 Å². The molecule has 2 rings (SSSR count). The molecule has 2 unspecified atom stereocenters. The first-order valence-corrected chi connectivity index (χ1v) is 4.91. The minimum Gasteiger partial charge on any atom is -0.372 e. The SMILES string of the molecule is CN(CC1CO1)C1CCC1(C)C. The molecule has 1 saturated heterocycles. The Kier molecular flexibility index (Phi) is 1.92. The standard InChI is InChI=1S/C10H19NO/c1-10(2)5-4-9(10)11(3)6-8-7-12-8/h8-9H,4-7H2,1-3H3. The Bertz CT molecular complexity index is 175. The second-order valence-corrected chi connectivity index (χ2v) is 4.94. The Morgan fingerprint density at radius 2 is 2.17 bits per heavy atom. The van der Waals surface area contributed by atoms with Crippen molar-refractivity contribution in [2.45, 2.75) is 38.8 Å². The first-order chi connectivity index (χ1) is 5.59. The minimum absolute atomic E-state index is 0.545. The van der Waals surface area contributed by atoms with Crippen LogP contribution in [0.25, 0.3) is 0 Å². The topological polar surface area (TPSA) is 15.8 Å². The highest BCUT2D eigenvalue weighted by atomic mass is 16.6. The van der Waals surface area contributed by atoms with Crippen molar-refractivity contribution in [3.8, 4) is 0 Å². The average molecular weight is 169 g/mol. The fourth-order valence-corrected chi connectivity index (χ4v) is 2.29. The molecule has 1 aliphatic carbocycles. The van der Waals surface area contributed by atoms with E-state index >= 15 is 0 Å². The van der Waals surface area contributed by atoms with Gasteiger partial charge in [0.25, 0.3) is 0 Å². The maximum atomic E-state index is 5.22. The second-order valence-electron chi connectivity index (χ2n) is 4.94. The van der Waals surface area contributed by atoms with Crippen LogP contribution in [0.3, 0.4) is 0 Å². The predicted octanol–water partition coefficient (Wildman–Crippen LogP) is 1.51. The molecule has 0 amide bonds. The highest BCUT2D eigenvalue weighted by Gasteiger charge is 2.42. The summed E-state index contributed by atoms with van der Waals surface area (Å²) < 4.78 is 5.22. The second kappa shape index (κ2) is 2.71. The number of likely N-dealkylation sites (N-methyl/N-ethyl adjacent to an activating group) is 1. The zero-order valence-electron chi connectivity index (χ0n) is 8.34. The van der Waals surface area contributed by atoms with Crippen molar-refractivity contribution in [1.29, 1.82) is 0 Å². The summed E-state index contributed by atoms with van der Waals surface area (Å²) in [4.78, 5) is 2.47. The van der Waals surface area contributed by atoms with Gasteiger partial charge in [-0.2, -0.15) is 0 Å². The van der Waals surface area contributed by atoms with Crippen molar-refractivity contribution >= 4 is 0 Å². The van der Waals surface area contributed by atoms with Crippen molar-refractivity contribution < 1.29 is 4.74 Å². The van der Waals surface area contributed by atoms with Crippen LogP contribution in [0.5, 0.6) is 0 Å². The summed E-state index contributed by atoms with van der Waals surface area (Å²) in [5.74, 6) is 0. The zero-order valence-corrected chi connectivity index (χ0v) is 8.34. The van der Waals surface area contributed by atoms with E-state index in [1.54, 1.807) is 0 Å². The van der Waals surface area contributed by atoms with Gasteiger partial charge in [-0.15, -0.1) is 0 Å².